The third-order valence-electron chi connectivity index (χ3n) is 4.21. The summed E-state index contributed by atoms with van der Waals surface area (Å²) >= 11 is 0. The Morgan fingerprint density at radius 3 is 2.28 bits per heavy atom. The zero-order valence-electron chi connectivity index (χ0n) is 14.7. The standard InChI is InChI=1S/C21H24N2O.BrH/c1-16(2)22-13-8-14-23-15-20(17-9-4-3-5-10-17)18-11-6-7-12-19(18)21(23)24;/h3-7,9-12,15-16,22H,8,13-14H2,1-2H3;1H. The van der Waals surface area contributed by atoms with E-state index in [1.807, 2.05) is 53.2 Å². The van der Waals surface area contributed by atoms with Crippen LogP contribution >= 0.6 is 17.0 Å². The van der Waals surface area contributed by atoms with Crippen LogP contribution in [-0.4, -0.2) is 17.2 Å². The lowest BCUT2D eigenvalue weighted by atomic mass is 10.0. The van der Waals surface area contributed by atoms with Crippen molar-refractivity contribution in [3.8, 4) is 11.1 Å². The van der Waals surface area contributed by atoms with Crippen molar-refractivity contribution in [2.45, 2.75) is 32.9 Å². The fourth-order valence-corrected chi connectivity index (χ4v) is 3.00. The van der Waals surface area contributed by atoms with E-state index in [0.717, 1.165) is 41.4 Å². The summed E-state index contributed by atoms with van der Waals surface area (Å²) in [6.45, 7) is 5.91. The fourth-order valence-electron chi connectivity index (χ4n) is 3.00. The van der Waals surface area contributed by atoms with Crippen molar-refractivity contribution in [1.29, 1.82) is 0 Å². The molecule has 0 radical (unpaired) electrons. The second kappa shape index (κ2) is 8.97. The number of nitrogens with one attached hydrogen (secondary N) is 1. The number of pyridine rings is 1. The Labute approximate surface area is 159 Å². The Morgan fingerprint density at radius 2 is 1.60 bits per heavy atom. The summed E-state index contributed by atoms with van der Waals surface area (Å²) in [6.07, 6.45) is 2.94. The summed E-state index contributed by atoms with van der Waals surface area (Å²) in [6, 6.07) is 18.6. The Bertz CT molecular complexity index is 872. The number of fused-ring (bicyclic) bond motifs is 1. The number of nitrogens with zero attached hydrogens (tertiary/aromatic N) is 1. The maximum atomic E-state index is 12.8. The summed E-state index contributed by atoms with van der Waals surface area (Å²) in [5.41, 5.74) is 2.35. The maximum Gasteiger partial charge on any atom is 0.258 e. The van der Waals surface area contributed by atoms with Gasteiger partial charge in [-0.2, -0.15) is 0 Å². The summed E-state index contributed by atoms with van der Waals surface area (Å²) in [5, 5.41) is 5.21. The van der Waals surface area contributed by atoms with Gasteiger partial charge in [0.15, 0.2) is 0 Å². The topological polar surface area (TPSA) is 34.0 Å². The molecule has 132 valence electrons. The first-order valence-electron chi connectivity index (χ1n) is 8.58. The molecular formula is C21H25BrN2O. The highest BCUT2D eigenvalue weighted by Gasteiger charge is 2.09. The highest BCUT2D eigenvalue weighted by Crippen LogP contribution is 2.26. The van der Waals surface area contributed by atoms with Gasteiger partial charge in [0.2, 0.25) is 0 Å². The third kappa shape index (κ3) is 4.59. The Balaban J connectivity index is 0.00000225. The molecule has 0 fully saturated rings. The van der Waals surface area contributed by atoms with E-state index in [2.05, 4.69) is 31.3 Å². The van der Waals surface area contributed by atoms with Gasteiger partial charge in [-0.1, -0.05) is 62.4 Å². The van der Waals surface area contributed by atoms with Crippen LogP contribution in [0.25, 0.3) is 21.9 Å². The van der Waals surface area contributed by atoms with E-state index in [0.29, 0.717) is 6.04 Å². The normalized spacial score (nSPS) is 10.8. The molecule has 1 N–H and O–H groups in total. The Morgan fingerprint density at radius 1 is 0.960 bits per heavy atom. The number of halogens is 1. The van der Waals surface area contributed by atoms with Crippen molar-refractivity contribution >= 4 is 27.8 Å². The Hall–Kier alpha value is -1.91. The monoisotopic (exact) mass is 400 g/mol. The van der Waals surface area contributed by atoms with Crippen LogP contribution in [0.1, 0.15) is 20.3 Å². The van der Waals surface area contributed by atoms with Crippen LogP contribution in [0, 0.1) is 0 Å². The van der Waals surface area contributed by atoms with E-state index in [4.69, 9.17) is 0 Å². The molecule has 25 heavy (non-hydrogen) atoms. The highest BCUT2D eigenvalue weighted by atomic mass is 79.9. The zero-order chi connectivity index (χ0) is 16.9. The molecule has 0 atom stereocenters. The molecule has 0 spiro atoms. The van der Waals surface area contributed by atoms with E-state index in [1.54, 1.807) is 0 Å². The number of hydrogen-bond donors (Lipinski definition) is 1. The van der Waals surface area contributed by atoms with Gasteiger partial charge in [0, 0.05) is 29.7 Å². The first-order chi connectivity index (χ1) is 11.7. The number of benzene rings is 2. The van der Waals surface area contributed by atoms with Gasteiger partial charge in [0.05, 0.1) is 0 Å². The first-order valence-corrected chi connectivity index (χ1v) is 8.58. The van der Waals surface area contributed by atoms with Gasteiger partial charge < -0.3 is 9.88 Å². The number of aryl methyl sites for hydroxylation is 1. The predicted molar refractivity (Wildman–Crippen MR) is 112 cm³/mol. The van der Waals surface area contributed by atoms with Crippen LogP contribution < -0.4 is 10.9 Å². The van der Waals surface area contributed by atoms with E-state index in [-0.39, 0.29) is 22.5 Å². The van der Waals surface area contributed by atoms with Gasteiger partial charge in [0.25, 0.3) is 5.56 Å². The average Bonchev–Trinajstić information content (AvgIpc) is 2.61. The first kappa shape index (κ1) is 19.4. The lowest BCUT2D eigenvalue weighted by Gasteiger charge is -2.13. The van der Waals surface area contributed by atoms with Gasteiger partial charge in [-0.05, 0) is 30.0 Å². The van der Waals surface area contributed by atoms with E-state index >= 15 is 0 Å². The van der Waals surface area contributed by atoms with Crippen molar-refractivity contribution in [2.24, 2.45) is 0 Å². The molecule has 4 heteroatoms. The molecule has 3 rings (SSSR count). The zero-order valence-corrected chi connectivity index (χ0v) is 16.4. The SMILES string of the molecule is Br.CC(C)NCCCn1cc(-c2ccccc2)c2ccccc2c1=O. The van der Waals surface area contributed by atoms with E-state index < -0.39 is 0 Å². The lowest BCUT2D eigenvalue weighted by molar-refractivity contribution is 0.531. The molecule has 0 saturated carbocycles. The van der Waals surface area contributed by atoms with Crippen molar-refractivity contribution in [2.75, 3.05) is 6.54 Å². The van der Waals surface area contributed by atoms with Gasteiger partial charge in [0.1, 0.15) is 0 Å². The number of hydrogen-bond acceptors (Lipinski definition) is 2. The van der Waals surface area contributed by atoms with Crippen LogP contribution in [-0.2, 0) is 6.54 Å². The molecule has 0 aliphatic carbocycles. The smallest absolute Gasteiger partial charge is 0.258 e. The van der Waals surface area contributed by atoms with Crippen molar-refractivity contribution in [3.05, 3.63) is 71.1 Å². The van der Waals surface area contributed by atoms with Crippen molar-refractivity contribution in [1.82, 2.24) is 9.88 Å². The van der Waals surface area contributed by atoms with Gasteiger partial charge >= 0.3 is 0 Å². The Kier molecular flexibility index (Phi) is 6.97. The molecule has 1 heterocycles. The van der Waals surface area contributed by atoms with Gasteiger partial charge in [-0.3, -0.25) is 4.79 Å². The second-order valence-electron chi connectivity index (χ2n) is 6.42. The van der Waals surface area contributed by atoms with E-state index in [1.165, 1.54) is 0 Å². The quantitative estimate of drug-likeness (QED) is 0.611. The summed E-state index contributed by atoms with van der Waals surface area (Å²) < 4.78 is 1.85. The molecule has 3 aromatic rings. The summed E-state index contributed by atoms with van der Waals surface area (Å²) in [4.78, 5) is 12.8. The summed E-state index contributed by atoms with van der Waals surface area (Å²) in [7, 11) is 0. The van der Waals surface area contributed by atoms with Crippen molar-refractivity contribution < 1.29 is 0 Å². The maximum absolute atomic E-state index is 12.8. The minimum atomic E-state index is 0. The summed E-state index contributed by atoms with van der Waals surface area (Å²) in [5.74, 6) is 0. The largest absolute Gasteiger partial charge is 0.314 e. The molecular weight excluding hydrogens is 376 g/mol. The van der Waals surface area contributed by atoms with Crippen LogP contribution in [0.2, 0.25) is 0 Å². The van der Waals surface area contributed by atoms with Crippen LogP contribution in [0.3, 0.4) is 0 Å². The minimum Gasteiger partial charge on any atom is -0.314 e. The van der Waals surface area contributed by atoms with Gasteiger partial charge in [-0.25, -0.2) is 0 Å². The molecule has 3 nitrogen and oxygen atoms in total. The predicted octanol–water partition coefficient (Wildman–Crippen LogP) is 4.63. The minimum absolute atomic E-state index is 0. The number of rotatable bonds is 6. The molecule has 0 aliphatic heterocycles. The number of aromatic nitrogens is 1. The average molecular weight is 401 g/mol. The lowest BCUT2D eigenvalue weighted by Crippen LogP contribution is -2.26. The van der Waals surface area contributed by atoms with Crippen molar-refractivity contribution in [3.63, 3.8) is 0 Å². The molecule has 1 aromatic heterocycles. The van der Waals surface area contributed by atoms with Crippen LogP contribution in [0.5, 0.6) is 0 Å². The molecule has 0 saturated heterocycles. The van der Waals surface area contributed by atoms with Crippen LogP contribution in [0.15, 0.2) is 65.6 Å². The second-order valence-corrected chi connectivity index (χ2v) is 6.42. The van der Waals surface area contributed by atoms with Gasteiger partial charge in [-0.15, -0.1) is 17.0 Å². The molecule has 0 unspecified atom stereocenters. The molecule has 0 aliphatic rings. The highest BCUT2D eigenvalue weighted by molar-refractivity contribution is 8.93. The molecule has 0 bridgehead atoms. The molecule has 2 aromatic carbocycles. The third-order valence-corrected chi connectivity index (χ3v) is 4.21. The van der Waals surface area contributed by atoms with E-state index in [9.17, 15) is 4.79 Å². The fraction of sp³-hybridized carbons (Fsp3) is 0.286. The molecule has 0 amide bonds. The van der Waals surface area contributed by atoms with Crippen LogP contribution in [0.4, 0.5) is 0 Å².